The van der Waals surface area contributed by atoms with Gasteiger partial charge in [0, 0.05) is 37.1 Å². The van der Waals surface area contributed by atoms with Gasteiger partial charge < -0.3 is 10.2 Å². The molecule has 1 aliphatic heterocycles. The molecule has 1 aliphatic rings. The average Bonchev–Trinajstić information content (AvgIpc) is 3.10. The molecule has 1 aromatic heterocycles. The quantitative estimate of drug-likeness (QED) is 0.918. The highest BCUT2D eigenvalue weighted by Crippen LogP contribution is 2.18. The average molecular weight is 324 g/mol. The smallest absolute Gasteiger partial charge is 0.254 e. The fraction of sp³-hybridized carbons (Fsp3) is 0.421. The molecule has 1 aromatic carbocycles. The summed E-state index contributed by atoms with van der Waals surface area (Å²) in [5.74, 6) is 1.06. The van der Waals surface area contributed by atoms with Gasteiger partial charge in [0.25, 0.3) is 5.91 Å². The second-order valence-corrected chi connectivity index (χ2v) is 6.61. The first-order chi connectivity index (χ1) is 11.6. The van der Waals surface area contributed by atoms with Crippen LogP contribution in [0, 0.1) is 5.92 Å². The van der Waals surface area contributed by atoms with E-state index in [1.54, 1.807) is 12.4 Å². The molecule has 2 heterocycles. The maximum Gasteiger partial charge on any atom is 0.254 e. The van der Waals surface area contributed by atoms with Gasteiger partial charge in [0.05, 0.1) is 5.56 Å². The van der Waals surface area contributed by atoms with Crippen LogP contribution >= 0.6 is 0 Å². The minimum Gasteiger partial charge on any atom is -0.352 e. The lowest BCUT2D eigenvalue weighted by Crippen LogP contribution is -2.33. The largest absolute Gasteiger partial charge is 0.352 e. The van der Waals surface area contributed by atoms with Gasteiger partial charge in [-0.3, -0.25) is 4.79 Å². The molecule has 5 heteroatoms. The number of nitrogens with one attached hydrogen (secondary N) is 1. The molecule has 1 amide bonds. The zero-order valence-electron chi connectivity index (χ0n) is 14.3. The van der Waals surface area contributed by atoms with Gasteiger partial charge in [-0.25, -0.2) is 9.97 Å². The number of carbonyl (C=O) groups excluding carboxylic acids is 1. The van der Waals surface area contributed by atoms with Crippen molar-refractivity contribution >= 4 is 5.91 Å². The molecule has 0 aliphatic carbocycles. The van der Waals surface area contributed by atoms with Crippen LogP contribution in [0.4, 0.5) is 0 Å². The predicted octanol–water partition coefficient (Wildman–Crippen LogP) is 2.60. The Balaban J connectivity index is 1.54. The van der Waals surface area contributed by atoms with E-state index >= 15 is 0 Å². The number of rotatable bonds is 5. The number of amides is 1. The number of aromatic nitrogens is 2. The van der Waals surface area contributed by atoms with Crippen molar-refractivity contribution in [2.45, 2.75) is 26.3 Å². The van der Waals surface area contributed by atoms with E-state index in [4.69, 9.17) is 0 Å². The molecule has 1 fully saturated rings. The van der Waals surface area contributed by atoms with Crippen LogP contribution in [0.2, 0.25) is 0 Å². The minimum absolute atomic E-state index is 0.0994. The van der Waals surface area contributed by atoms with Crippen molar-refractivity contribution in [2.24, 2.45) is 5.92 Å². The zero-order valence-corrected chi connectivity index (χ0v) is 14.3. The Morgan fingerprint density at radius 2 is 1.96 bits per heavy atom. The molecule has 0 saturated carbocycles. The molecule has 0 bridgehead atoms. The van der Waals surface area contributed by atoms with E-state index in [1.165, 1.54) is 0 Å². The molecule has 1 atom stereocenters. The molecule has 5 nitrogen and oxygen atoms in total. The minimum atomic E-state index is -0.0994. The summed E-state index contributed by atoms with van der Waals surface area (Å²) in [5.41, 5.74) is 1.46. The third kappa shape index (κ3) is 3.97. The van der Waals surface area contributed by atoms with Crippen LogP contribution in [0.1, 0.15) is 30.6 Å². The highest BCUT2D eigenvalue weighted by Gasteiger charge is 2.24. The van der Waals surface area contributed by atoms with E-state index in [0.717, 1.165) is 25.1 Å². The Hall–Kier alpha value is -2.27. The molecule has 2 aromatic rings. The van der Waals surface area contributed by atoms with Crippen molar-refractivity contribution in [1.82, 2.24) is 20.2 Å². The molecular formula is C19H24N4O. The van der Waals surface area contributed by atoms with Crippen molar-refractivity contribution in [3.8, 4) is 11.4 Å². The first-order valence-electron chi connectivity index (χ1n) is 8.53. The van der Waals surface area contributed by atoms with Gasteiger partial charge in [0.2, 0.25) is 0 Å². The van der Waals surface area contributed by atoms with Crippen LogP contribution in [0.5, 0.6) is 0 Å². The van der Waals surface area contributed by atoms with Crippen LogP contribution in [-0.2, 0) is 0 Å². The summed E-state index contributed by atoms with van der Waals surface area (Å²) in [6, 6.07) is 10.3. The van der Waals surface area contributed by atoms with Gasteiger partial charge in [0.1, 0.15) is 0 Å². The number of hydrogen-bond donors (Lipinski definition) is 1. The molecule has 1 unspecified atom stereocenters. The fourth-order valence-corrected chi connectivity index (χ4v) is 3.02. The summed E-state index contributed by atoms with van der Waals surface area (Å²) in [6.07, 6.45) is 4.33. The standard InChI is InChI=1S/C19H24N4O/c1-14(2)23-9-8-15(13-23)10-22-19(24)17-11-20-18(21-12-17)16-6-4-3-5-7-16/h3-7,11-12,14-15H,8-10,13H2,1-2H3,(H,22,24). The Morgan fingerprint density at radius 1 is 1.25 bits per heavy atom. The maximum absolute atomic E-state index is 12.3. The van der Waals surface area contributed by atoms with Crippen LogP contribution in [0.25, 0.3) is 11.4 Å². The first-order valence-corrected chi connectivity index (χ1v) is 8.53. The van der Waals surface area contributed by atoms with Gasteiger partial charge in [-0.05, 0) is 32.7 Å². The van der Waals surface area contributed by atoms with Gasteiger partial charge in [-0.1, -0.05) is 30.3 Å². The van der Waals surface area contributed by atoms with E-state index in [0.29, 0.717) is 29.9 Å². The van der Waals surface area contributed by atoms with Crippen LogP contribution < -0.4 is 5.32 Å². The second-order valence-electron chi connectivity index (χ2n) is 6.61. The number of likely N-dealkylation sites (tertiary alicyclic amines) is 1. The normalized spacial score (nSPS) is 18.0. The maximum atomic E-state index is 12.3. The summed E-state index contributed by atoms with van der Waals surface area (Å²) in [5, 5.41) is 3.01. The van der Waals surface area contributed by atoms with E-state index in [-0.39, 0.29) is 5.91 Å². The predicted molar refractivity (Wildman–Crippen MR) is 94.6 cm³/mol. The summed E-state index contributed by atoms with van der Waals surface area (Å²) < 4.78 is 0. The third-order valence-electron chi connectivity index (χ3n) is 4.54. The van der Waals surface area contributed by atoms with E-state index in [2.05, 4.69) is 34.0 Å². The lowest BCUT2D eigenvalue weighted by Gasteiger charge is -2.20. The second kappa shape index (κ2) is 7.53. The molecule has 0 radical (unpaired) electrons. The molecule has 1 saturated heterocycles. The monoisotopic (exact) mass is 324 g/mol. The lowest BCUT2D eigenvalue weighted by molar-refractivity contribution is 0.0946. The number of hydrogen-bond acceptors (Lipinski definition) is 4. The highest BCUT2D eigenvalue weighted by atomic mass is 16.1. The lowest BCUT2D eigenvalue weighted by atomic mass is 10.1. The van der Waals surface area contributed by atoms with Crippen molar-refractivity contribution in [2.75, 3.05) is 19.6 Å². The molecule has 1 N–H and O–H groups in total. The Labute approximate surface area is 143 Å². The van der Waals surface area contributed by atoms with Gasteiger partial charge >= 0.3 is 0 Å². The van der Waals surface area contributed by atoms with Crippen molar-refractivity contribution < 1.29 is 4.79 Å². The Morgan fingerprint density at radius 3 is 2.58 bits per heavy atom. The highest BCUT2D eigenvalue weighted by molar-refractivity contribution is 5.93. The SMILES string of the molecule is CC(C)N1CCC(CNC(=O)c2cnc(-c3ccccc3)nc2)C1. The Kier molecular flexibility index (Phi) is 5.20. The van der Waals surface area contributed by atoms with Crippen molar-refractivity contribution in [3.05, 3.63) is 48.3 Å². The molecule has 126 valence electrons. The van der Waals surface area contributed by atoms with Crippen molar-refractivity contribution in [3.63, 3.8) is 0 Å². The van der Waals surface area contributed by atoms with E-state index in [1.807, 2.05) is 30.3 Å². The zero-order chi connectivity index (χ0) is 16.9. The van der Waals surface area contributed by atoms with E-state index < -0.39 is 0 Å². The van der Waals surface area contributed by atoms with Crippen LogP contribution in [0.3, 0.4) is 0 Å². The van der Waals surface area contributed by atoms with Gasteiger partial charge in [-0.2, -0.15) is 0 Å². The number of nitrogens with zero attached hydrogens (tertiary/aromatic N) is 3. The first kappa shape index (κ1) is 16.6. The molecular weight excluding hydrogens is 300 g/mol. The Bertz CT molecular complexity index is 670. The molecule has 0 spiro atoms. The number of carbonyl (C=O) groups is 1. The molecule has 24 heavy (non-hydrogen) atoms. The van der Waals surface area contributed by atoms with Crippen LogP contribution in [0.15, 0.2) is 42.7 Å². The van der Waals surface area contributed by atoms with Crippen molar-refractivity contribution in [1.29, 1.82) is 0 Å². The summed E-state index contributed by atoms with van der Waals surface area (Å²) >= 11 is 0. The summed E-state index contributed by atoms with van der Waals surface area (Å²) in [6.45, 7) is 7.32. The van der Waals surface area contributed by atoms with Crippen LogP contribution in [-0.4, -0.2) is 46.5 Å². The third-order valence-corrected chi connectivity index (χ3v) is 4.54. The summed E-state index contributed by atoms with van der Waals surface area (Å²) in [4.78, 5) is 23.3. The fourth-order valence-electron chi connectivity index (χ4n) is 3.02. The van der Waals surface area contributed by atoms with Gasteiger partial charge in [0.15, 0.2) is 5.82 Å². The molecule has 3 rings (SSSR count). The number of benzene rings is 1. The topological polar surface area (TPSA) is 58.1 Å². The van der Waals surface area contributed by atoms with Gasteiger partial charge in [-0.15, -0.1) is 0 Å². The van der Waals surface area contributed by atoms with E-state index in [9.17, 15) is 4.79 Å². The summed E-state index contributed by atoms with van der Waals surface area (Å²) in [7, 11) is 0.